The van der Waals surface area contributed by atoms with Gasteiger partial charge in [0.2, 0.25) is 0 Å². The number of rotatable bonds is 6. The second kappa shape index (κ2) is 9.02. The van der Waals surface area contributed by atoms with Gasteiger partial charge in [-0.15, -0.1) is 0 Å². The Bertz CT molecular complexity index is 498. The average molecular weight is 321 g/mol. The van der Waals surface area contributed by atoms with Crippen molar-refractivity contribution in [2.45, 2.75) is 39.8 Å². The Morgan fingerprint density at radius 1 is 1.09 bits per heavy atom. The molecular weight excluding hydrogens is 294 g/mol. The van der Waals surface area contributed by atoms with Crippen molar-refractivity contribution >= 4 is 12.1 Å². The Balaban J connectivity index is 2.30. The minimum atomic E-state index is -0.526. The van der Waals surface area contributed by atoms with Gasteiger partial charge in [0.15, 0.2) is 0 Å². The van der Waals surface area contributed by atoms with Crippen LogP contribution in [0, 0.1) is 0 Å². The minimum absolute atomic E-state index is 0.151. The molecule has 0 aliphatic carbocycles. The first-order chi connectivity index (χ1) is 10.8. The van der Waals surface area contributed by atoms with Gasteiger partial charge >= 0.3 is 12.1 Å². The van der Waals surface area contributed by atoms with Crippen molar-refractivity contribution in [3.8, 4) is 0 Å². The summed E-state index contributed by atoms with van der Waals surface area (Å²) in [4.78, 5) is 25.3. The van der Waals surface area contributed by atoms with Crippen LogP contribution in [0.3, 0.4) is 0 Å². The van der Waals surface area contributed by atoms with Gasteiger partial charge in [-0.3, -0.25) is 0 Å². The van der Waals surface area contributed by atoms with E-state index in [0.29, 0.717) is 26.2 Å². The number of alkyl carbamates (subject to hydrolysis) is 1. The van der Waals surface area contributed by atoms with Gasteiger partial charge in [0.1, 0.15) is 5.60 Å². The molecule has 6 nitrogen and oxygen atoms in total. The molecular formula is C17H27N3O3. The maximum Gasteiger partial charge on any atom is 0.407 e. The Kier molecular flexibility index (Phi) is 7.38. The number of benzene rings is 1. The second-order valence-corrected chi connectivity index (χ2v) is 6.16. The van der Waals surface area contributed by atoms with Crippen LogP contribution in [0.15, 0.2) is 30.3 Å². The summed E-state index contributed by atoms with van der Waals surface area (Å²) < 4.78 is 5.12. The molecule has 0 atom stereocenters. The van der Waals surface area contributed by atoms with E-state index in [1.54, 1.807) is 25.7 Å². The van der Waals surface area contributed by atoms with Gasteiger partial charge in [0, 0.05) is 26.2 Å². The molecule has 0 saturated heterocycles. The molecule has 23 heavy (non-hydrogen) atoms. The lowest BCUT2D eigenvalue weighted by Crippen LogP contribution is -2.43. The SMILES string of the molecule is CCN(Cc1ccccc1)C(=O)NCCNC(=O)OC(C)(C)C. The highest BCUT2D eigenvalue weighted by atomic mass is 16.6. The summed E-state index contributed by atoms with van der Waals surface area (Å²) in [5, 5.41) is 5.40. The first kappa shape index (κ1) is 18.8. The van der Waals surface area contributed by atoms with Crippen molar-refractivity contribution in [3.63, 3.8) is 0 Å². The van der Waals surface area contributed by atoms with Crippen LogP contribution in [0.1, 0.15) is 33.3 Å². The van der Waals surface area contributed by atoms with Crippen LogP contribution in [0.5, 0.6) is 0 Å². The molecule has 0 fully saturated rings. The van der Waals surface area contributed by atoms with Crippen LogP contribution >= 0.6 is 0 Å². The average Bonchev–Trinajstić information content (AvgIpc) is 2.48. The largest absolute Gasteiger partial charge is 0.444 e. The highest BCUT2D eigenvalue weighted by molar-refractivity contribution is 5.74. The van der Waals surface area contributed by atoms with Gasteiger partial charge in [0.25, 0.3) is 0 Å². The summed E-state index contributed by atoms with van der Waals surface area (Å²) in [5.74, 6) is 0. The van der Waals surface area contributed by atoms with Crippen molar-refractivity contribution in [1.29, 1.82) is 0 Å². The summed E-state index contributed by atoms with van der Waals surface area (Å²) in [6.45, 7) is 9.18. The molecule has 128 valence electrons. The lowest BCUT2D eigenvalue weighted by atomic mass is 10.2. The molecule has 3 amide bonds. The number of ether oxygens (including phenoxy) is 1. The van der Waals surface area contributed by atoms with E-state index in [9.17, 15) is 9.59 Å². The smallest absolute Gasteiger partial charge is 0.407 e. The van der Waals surface area contributed by atoms with E-state index >= 15 is 0 Å². The Labute approximate surface area is 138 Å². The van der Waals surface area contributed by atoms with E-state index in [1.165, 1.54) is 0 Å². The third kappa shape index (κ3) is 8.09. The van der Waals surface area contributed by atoms with Crippen molar-refractivity contribution in [2.75, 3.05) is 19.6 Å². The second-order valence-electron chi connectivity index (χ2n) is 6.16. The van der Waals surface area contributed by atoms with E-state index in [4.69, 9.17) is 4.74 Å². The Morgan fingerprint density at radius 3 is 2.26 bits per heavy atom. The fraction of sp³-hybridized carbons (Fsp3) is 0.529. The van der Waals surface area contributed by atoms with Crippen LogP contribution < -0.4 is 10.6 Å². The number of hydrogen-bond acceptors (Lipinski definition) is 3. The molecule has 0 aliphatic rings. The minimum Gasteiger partial charge on any atom is -0.444 e. The molecule has 0 aromatic heterocycles. The molecule has 0 aliphatic heterocycles. The van der Waals surface area contributed by atoms with Crippen LogP contribution in [-0.2, 0) is 11.3 Å². The van der Waals surface area contributed by atoms with E-state index in [1.807, 2.05) is 37.3 Å². The van der Waals surface area contributed by atoms with Crippen LogP contribution in [0.2, 0.25) is 0 Å². The predicted molar refractivity (Wildman–Crippen MR) is 90.2 cm³/mol. The van der Waals surface area contributed by atoms with Gasteiger partial charge in [-0.1, -0.05) is 30.3 Å². The van der Waals surface area contributed by atoms with Crippen LogP contribution in [0.25, 0.3) is 0 Å². The molecule has 0 unspecified atom stereocenters. The first-order valence-electron chi connectivity index (χ1n) is 7.85. The fourth-order valence-electron chi connectivity index (χ4n) is 1.89. The monoisotopic (exact) mass is 321 g/mol. The number of carbonyl (C=O) groups is 2. The van der Waals surface area contributed by atoms with Crippen molar-refractivity contribution in [3.05, 3.63) is 35.9 Å². The fourth-order valence-corrected chi connectivity index (χ4v) is 1.89. The topological polar surface area (TPSA) is 70.7 Å². The highest BCUT2D eigenvalue weighted by Crippen LogP contribution is 2.06. The van der Waals surface area contributed by atoms with Crippen LogP contribution in [-0.4, -0.2) is 42.3 Å². The summed E-state index contributed by atoms with van der Waals surface area (Å²) in [5.41, 5.74) is 0.554. The normalized spacial score (nSPS) is 10.8. The van der Waals surface area contributed by atoms with Crippen molar-refractivity contribution in [1.82, 2.24) is 15.5 Å². The van der Waals surface area contributed by atoms with Gasteiger partial charge in [-0.25, -0.2) is 9.59 Å². The molecule has 0 radical (unpaired) electrons. The number of carbonyl (C=O) groups excluding carboxylic acids is 2. The molecule has 2 N–H and O–H groups in total. The standard InChI is InChI=1S/C17H27N3O3/c1-5-20(13-14-9-7-6-8-10-14)15(21)18-11-12-19-16(22)23-17(2,3)4/h6-10H,5,11-13H2,1-4H3,(H,18,21)(H,19,22). The maximum absolute atomic E-state index is 12.1. The summed E-state index contributed by atoms with van der Waals surface area (Å²) in [6, 6.07) is 9.67. The van der Waals surface area contributed by atoms with E-state index < -0.39 is 11.7 Å². The van der Waals surface area contributed by atoms with Crippen molar-refractivity contribution < 1.29 is 14.3 Å². The Hall–Kier alpha value is -2.24. The number of amides is 3. The third-order valence-corrected chi connectivity index (χ3v) is 2.95. The molecule has 0 saturated carbocycles. The van der Waals surface area contributed by atoms with E-state index in [-0.39, 0.29) is 6.03 Å². The van der Waals surface area contributed by atoms with Gasteiger partial charge in [-0.2, -0.15) is 0 Å². The molecule has 1 rings (SSSR count). The van der Waals surface area contributed by atoms with Gasteiger partial charge < -0.3 is 20.3 Å². The van der Waals surface area contributed by atoms with Gasteiger partial charge in [-0.05, 0) is 33.3 Å². The van der Waals surface area contributed by atoms with Crippen LogP contribution in [0.4, 0.5) is 9.59 Å². The Morgan fingerprint density at radius 2 is 1.70 bits per heavy atom. The lowest BCUT2D eigenvalue weighted by molar-refractivity contribution is 0.0528. The number of hydrogen-bond donors (Lipinski definition) is 2. The zero-order chi connectivity index (χ0) is 17.3. The van der Waals surface area contributed by atoms with Crippen molar-refractivity contribution in [2.24, 2.45) is 0 Å². The zero-order valence-corrected chi connectivity index (χ0v) is 14.4. The first-order valence-corrected chi connectivity index (χ1v) is 7.85. The summed E-state index contributed by atoms with van der Waals surface area (Å²) in [7, 11) is 0. The molecule has 6 heteroatoms. The number of nitrogens with zero attached hydrogens (tertiary/aromatic N) is 1. The van der Waals surface area contributed by atoms with Gasteiger partial charge in [0.05, 0.1) is 0 Å². The molecule has 0 bridgehead atoms. The highest BCUT2D eigenvalue weighted by Gasteiger charge is 2.16. The number of urea groups is 1. The molecule has 0 heterocycles. The zero-order valence-electron chi connectivity index (χ0n) is 14.4. The maximum atomic E-state index is 12.1. The molecule has 0 spiro atoms. The lowest BCUT2D eigenvalue weighted by Gasteiger charge is -2.22. The quantitative estimate of drug-likeness (QED) is 0.792. The van der Waals surface area contributed by atoms with E-state index in [0.717, 1.165) is 5.56 Å². The third-order valence-electron chi connectivity index (χ3n) is 2.95. The molecule has 1 aromatic rings. The predicted octanol–water partition coefficient (Wildman–Crippen LogP) is 2.74. The summed E-state index contributed by atoms with van der Waals surface area (Å²) in [6.07, 6.45) is -0.483. The summed E-state index contributed by atoms with van der Waals surface area (Å²) >= 11 is 0. The molecule has 1 aromatic carbocycles. The van der Waals surface area contributed by atoms with E-state index in [2.05, 4.69) is 10.6 Å². The number of nitrogens with one attached hydrogen (secondary N) is 2.